The van der Waals surface area contributed by atoms with Crippen LogP contribution in [0.3, 0.4) is 0 Å². The minimum Gasteiger partial charge on any atom is -0.352 e. The second kappa shape index (κ2) is 14.3. The first kappa shape index (κ1) is 31.9. The molecule has 0 saturated heterocycles. The molecule has 0 unspecified atom stereocenters. The Hall–Kier alpha value is -2.62. The largest absolute Gasteiger partial charge is 0.352 e. The van der Waals surface area contributed by atoms with Gasteiger partial charge in [-0.3, -0.25) is 9.59 Å². The van der Waals surface area contributed by atoms with Crippen LogP contribution in [-0.2, 0) is 32.6 Å². The number of hydrogen-bond acceptors (Lipinski definition) is 4. The summed E-state index contributed by atoms with van der Waals surface area (Å²) >= 11 is 18.8. The van der Waals surface area contributed by atoms with E-state index in [0.717, 1.165) is 9.87 Å². The van der Waals surface area contributed by atoms with Crippen molar-refractivity contribution in [2.24, 2.45) is 0 Å². The van der Waals surface area contributed by atoms with Crippen LogP contribution in [0.5, 0.6) is 0 Å². The Bertz CT molecular complexity index is 1400. The van der Waals surface area contributed by atoms with E-state index in [4.69, 9.17) is 34.8 Å². The van der Waals surface area contributed by atoms with Crippen LogP contribution in [0.2, 0.25) is 15.1 Å². The minimum absolute atomic E-state index is 0.0109. The molecule has 3 aromatic rings. The molecular weight excluding hydrogens is 593 g/mol. The van der Waals surface area contributed by atoms with Crippen molar-refractivity contribution in [1.29, 1.82) is 0 Å². The summed E-state index contributed by atoms with van der Waals surface area (Å²) < 4.78 is 27.4. The summed E-state index contributed by atoms with van der Waals surface area (Å²) in [6, 6.07) is 18.8. The van der Waals surface area contributed by atoms with Crippen molar-refractivity contribution < 1.29 is 18.0 Å². The monoisotopic (exact) mass is 623 g/mol. The summed E-state index contributed by atoms with van der Waals surface area (Å²) in [4.78, 5) is 28.9. The Labute approximate surface area is 251 Å². The van der Waals surface area contributed by atoms with Gasteiger partial charge in [-0.05, 0) is 55.3 Å². The SMILES string of the molecule is CC[C@H](C)NC(=O)[C@@H](Cc1ccccc1)N(Cc1c(Cl)cccc1Cl)C(=O)CN(C)S(=O)(=O)c1ccc(Cl)cc1. The first-order valence-electron chi connectivity index (χ1n) is 12.7. The Kier molecular flexibility index (Phi) is 11.4. The molecule has 0 aliphatic carbocycles. The molecule has 7 nitrogen and oxygen atoms in total. The molecule has 214 valence electrons. The van der Waals surface area contributed by atoms with Crippen molar-refractivity contribution in [3.63, 3.8) is 0 Å². The van der Waals surface area contributed by atoms with E-state index >= 15 is 0 Å². The normalized spacial score (nSPS) is 13.1. The average molecular weight is 625 g/mol. The van der Waals surface area contributed by atoms with Gasteiger partial charge in [-0.25, -0.2) is 8.42 Å². The predicted molar refractivity (Wildman–Crippen MR) is 160 cm³/mol. The molecule has 0 saturated carbocycles. The predicted octanol–water partition coefficient (Wildman–Crippen LogP) is 5.82. The van der Waals surface area contributed by atoms with Crippen LogP contribution in [-0.4, -0.2) is 55.1 Å². The fourth-order valence-electron chi connectivity index (χ4n) is 4.00. The number of hydrogen-bond donors (Lipinski definition) is 1. The van der Waals surface area contributed by atoms with E-state index in [2.05, 4.69) is 5.32 Å². The number of halogens is 3. The van der Waals surface area contributed by atoms with Gasteiger partial charge in [0.1, 0.15) is 6.04 Å². The fraction of sp³-hybridized carbons (Fsp3) is 0.310. The number of sulfonamides is 1. The molecule has 11 heteroatoms. The molecule has 0 spiro atoms. The Balaban J connectivity index is 2.02. The van der Waals surface area contributed by atoms with Gasteiger partial charge >= 0.3 is 0 Å². The zero-order valence-electron chi connectivity index (χ0n) is 22.5. The van der Waals surface area contributed by atoms with Crippen molar-refractivity contribution >= 4 is 56.6 Å². The van der Waals surface area contributed by atoms with Crippen LogP contribution in [0.15, 0.2) is 77.7 Å². The number of likely N-dealkylation sites (N-methyl/N-ethyl adjacent to an activating group) is 1. The molecule has 1 N–H and O–H groups in total. The third-order valence-electron chi connectivity index (χ3n) is 6.54. The lowest BCUT2D eigenvalue weighted by Crippen LogP contribution is -2.54. The maximum Gasteiger partial charge on any atom is 0.243 e. The van der Waals surface area contributed by atoms with Crippen LogP contribution in [0, 0.1) is 0 Å². The van der Waals surface area contributed by atoms with Crippen LogP contribution < -0.4 is 5.32 Å². The second-order valence-corrected chi connectivity index (χ2v) is 12.8. The lowest BCUT2D eigenvalue weighted by Gasteiger charge is -2.33. The van der Waals surface area contributed by atoms with Crippen LogP contribution in [0.25, 0.3) is 0 Å². The van der Waals surface area contributed by atoms with Crippen molar-refractivity contribution in [3.8, 4) is 0 Å². The molecular formula is C29H32Cl3N3O4S. The molecule has 0 aliphatic heterocycles. The molecule has 40 heavy (non-hydrogen) atoms. The van der Waals surface area contributed by atoms with Gasteiger partial charge in [0.2, 0.25) is 21.8 Å². The summed E-state index contributed by atoms with van der Waals surface area (Å²) in [6.07, 6.45) is 0.890. The second-order valence-electron chi connectivity index (χ2n) is 9.46. The number of nitrogens with zero attached hydrogens (tertiary/aromatic N) is 2. The Morgan fingerprint density at radius 3 is 2.08 bits per heavy atom. The van der Waals surface area contributed by atoms with E-state index in [-0.39, 0.29) is 29.8 Å². The summed E-state index contributed by atoms with van der Waals surface area (Å²) in [5.74, 6) is -0.950. The zero-order chi connectivity index (χ0) is 29.4. The van der Waals surface area contributed by atoms with Gasteiger partial charge in [0.05, 0.1) is 11.4 Å². The van der Waals surface area contributed by atoms with E-state index < -0.39 is 28.5 Å². The van der Waals surface area contributed by atoms with Crippen molar-refractivity contribution in [3.05, 3.63) is 99.0 Å². The van der Waals surface area contributed by atoms with Crippen LogP contribution in [0.1, 0.15) is 31.4 Å². The number of rotatable bonds is 12. The summed E-state index contributed by atoms with van der Waals surface area (Å²) in [5.41, 5.74) is 1.29. The highest BCUT2D eigenvalue weighted by molar-refractivity contribution is 7.89. The number of amides is 2. The molecule has 0 aromatic heterocycles. The molecule has 0 aliphatic rings. The van der Waals surface area contributed by atoms with E-state index in [0.29, 0.717) is 27.1 Å². The fourth-order valence-corrected chi connectivity index (χ4v) is 5.76. The maximum atomic E-state index is 13.9. The molecule has 0 bridgehead atoms. The van der Waals surface area contributed by atoms with Gasteiger partial charge < -0.3 is 10.2 Å². The molecule has 3 aromatic carbocycles. The first-order valence-corrected chi connectivity index (χ1v) is 15.3. The molecule has 0 radical (unpaired) electrons. The zero-order valence-corrected chi connectivity index (χ0v) is 25.6. The van der Waals surface area contributed by atoms with E-state index in [1.807, 2.05) is 44.2 Å². The van der Waals surface area contributed by atoms with Crippen molar-refractivity contribution in [1.82, 2.24) is 14.5 Å². The van der Waals surface area contributed by atoms with Gasteiger partial charge in [0, 0.05) is 46.7 Å². The smallest absolute Gasteiger partial charge is 0.243 e. The summed E-state index contributed by atoms with van der Waals surface area (Å²) in [5, 5.41) is 4.01. The summed E-state index contributed by atoms with van der Waals surface area (Å²) in [7, 11) is -2.71. The highest BCUT2D eigenvalue weighted by atomic mass is 35.5. The number of nitrogens with one attached hydrogen (secondary N) is 1. The third-order valence-corrected chi connectivity index (χ3v) is 9.32. The molecule has 0 fully saturated rings. The van der Waals surface area contributed by atoms with Gasteiger partial charge in [-0.1, -0.05) is 78.1 Å². The van der Waals surface area contributed by atoms with E-state index in [1.54, 1.807) is 18.2 Å². The average Bonchev–Trinajstić information content (AvgIpc) is 2.92. The van der Waals surface area contributed by atoms with Crippen LogP contribution >= 0.6 is 34.8 Å². The van der Waals surface area contributed by atoms with Gasteiger partial charge in [-0.15, -0.1) is 0 Å². The Morgan fingerprint density at radius 2 is 1.50 bits per heavy atom. The molecule has 0 heterocycles. The van der Waals surface area contributed by atoms with Crippen molar-refractivity contribution in [2.75, 3.05) is 13.6 Å². The quantitative estimate of drug-likeness (QED) is 0.275. The van der Waals surface area contributed by atoms with Gasteiger partial charge in [0.15, 0.2) is 0 Å². The van der Waals surface area contributed by atoms with E-state index in [1.165, 1.54) is 36.2 Å². The van der Waals surface area contributed by atoms with Crippen molar-refractivity contribution in [2.45, 2.75) is 50.2 Å². The third kappa shape index (κ3) is 8.21. The molecule has 2 amide bonds. The maximum absolute atomic E-state index is 13.9. The topological polar surface area (TPSA) is 86.8 Å². The summed E-state index contributed by atoms with van der Waals surface area (Å²) in [6.45, 7) is 3.20. The lowest BCUT2D eigenvalue weighted by molar-refractivity contribution is -0.141. The molecule has 2 atom stereocenters. The number of carbonyl (C=O) groups is 2. The standard InChI is InChI=1S/C29H32Cl3N3O4S/c1-4-20(2)33-29(37)27(17-21-9-6-5-7-10-21)35(18-24-25(31)11-8-12-26(24)32)28(36)19-34(3)40(38,39)23-15-13-22(30)14-16-23/h5-16,20,27H,4,17-19H2,1-3H3,(H,33,37)/t20-,27+/m0/s1. The minimum atomic E-state index is -4.03. The Morgan fingerprint density at radius 1 is 0.900 bits per heavy atom. The highest BCUT2D eigenvalue weighted by Crippen LogP contribution is 2.28. The highest BCUT2D eigenvalue weighted by Gasteiger charge is 2.34. The van der Waals surface area contributed by atoms with Gasteiger partial charge in [-0.2, -0.15) is 4.31 Å². The number of benzene rings is 3. The first-order chi connectivity index (χ1) is 18.9. The van der Waals surface area contributed by atoms with E-state index in [9.17, 15) is 18.0 Å². The van der Waals surface area contributed by atoms with Gasteiger partial charge in [0.25, 0.3) is 0 Å². The molecule has 3 rings (SSSR count). The number of carbonyl (C=O) groups excluding carboxylic acids is 2. The van der Waals surface area contributed by atoms with Crippen LogP contribution in [0.4, 0.5) is 0 Å². The lowest BCUT2D eigenvalue weighted by atomic mass is 10.0.